The van der Waals surface area contributed by atoms with Gasteiger partial charge in [0.2, 0.25) is 5.91 Å². The molecule has 0 bridgehead atoms. The van der Waals surface area contributed by atoms with Crippen molar-refractivity contribution in [2.75, 3.05) is 37.7 Å². The van der Waals surface area contributed by atoms with Crippen LogP contribution in [-0.4, -0.2) is 69.0 Å². The largest absolute Gasteiger partial charge is 0.369 e. The first-order chi connectivity index (χ1) is 10.3. The van der Waals surface area contributed by atoms with Gasteiger partial charge in [0.05, 0.1) is 18.1 Å². The second-order valence-electron chi connectivity index (χ2n) is 6.14. The van der Waals surface area contributed by atoms with Crippen molar-refractivity contribution in [3.63, 3.8) is 0 Å². The first-order valence-electron chi connectivity index (χ1n) is 7.59. The number of nitrogens with one attached hydrogen (secondary N) is 2. The Balaban J connectivity index is 1.63. The van der Waals surface area contributed by atoms with Crippen molar-refractivity contribution in [1.82, 2.24) is 15.5 Å². The van der Waals surface area contributed by atoms with Crippen LogP contribution in [0.4, 0.5) is 4.79 Å². The van der Waals surface area contributed by atoms with Crippen molar-refractivity contribution in [1.29, 1.82) is 0 Å². The lowest BCUT2D eigenvalue weighted by molar-refractivity contribution is -0.119. The molecular weight excluding hydrogens is 308 g/mol. The predicted molar refractivity (Wildman–Crippen MR) is 82.0 cm³/mol. The second kappa shape index (κ2) is 7.28. The van der Waals surface area contributed by atoms with E-state index in [4.69, 9.17) is 5.73 Å². The molecule has 8 nitrogen and oxygen atoms in total. The molecular formula is C13H24N4O4S. The number of primary amides is 1. The normalized spacial score (nSPS) is 25.7. The summed E-state index contributed by atoms with van der Waals surface area (Å²) in [7, 11) is -2.90. The Morgan fingerprint density at radius 3 is 2.41 bits per heavy atom. The molecule has 4 N–H and O–H groups in total. The third-order valence-corrected chi connectivity index (χ3v) is 6.02. The van der Waals surface area contributed by atoms with Crippen molar-refractivity contribution in [3.8, 4) is 0 Å². The lowest BCUT2D eigenvalue weighted by atomic mass is 10.1. The fraction of sp³-hybridized carbons (Fsp3) is 0.846. The molecule has 0 unspecified atom stereocenters. The number of carbonyl (C=O) groups is 2. The minimum absolute atomic E-state index is 0.0214. The number of nitrogens with two attached hydrogens (primary N) is 1. The highest BCUT2D eigenvalue weighted by atomic mass is 32.2. The van der Waals surface area contributed by atoms with Gasteiger partial charge in [-0.05, 0) is 25.2 Å². The molecule has 0 aromatic carbocycles. The molecule has 2 aliphatic rings. The molecule has 0 saturated carbocycles. The molecule has 0 aromatic rings. The molecule has 2 rings (SSSR count). The summed E-state index contributed by atoms with van der Waals surface area (Å²) in [6, 6.07) is -0.172. The first kappa shape index (κ1) is 17.0. The van der Waals surface area contributed by atoms with E-state index < -0.39 is 9.84 Å². The van der Waals surface area contributed by atoms with Crippen LogP contribution in [0.2, 0.25) is 0 Å². The highest BCUT2D eigenvalue weighted by Crippen LogP contribution is 2.17. The maximum atomic E-state index is 11.8. The highest BCUT2D eigenvalue weighted by Gasteiger charge is 2.28. The molecule has 126 valence electrons. The monoisotopic (exact) mass is 332 g/mol. The zero-order chi connectivity index (χ0) is 16.2. The summed E-state index contributed by atoms with van der Waals surface area (Å²) in [5, 5.41) is 5.65. The summed E-state index contributed by atoms with van der Waals surface area (Å²) in [4.78, 5) is 24.6. The van der Waals surface area contributed by atoms with Crippen molar-refractivity contribution in [2.45, 2.75) is 25.3 Å². The highest BCUT2D eigenvalue weighted by molar-refractivity contribution is 7.91. The summed E-state index contributed by atoms with van der Waals surface area (Å²) >= 11 is 0. The molecule has 2 saturated heterocycles. The number of urea groups is 1. The van der Waals surface area contributed by atoms with Gasteiger partial charge < -0.3 is 16.4 Å². The van der Waals surface area contributed by atoms with Crippen molar-refractivity contribution < 1.29 is 18.0 Å². The summed E-state index contributed by atoms with van der Waals surface area (Å²) in [5.74, 6) is 0.0711. The fourth-order valence-corrected chi connectivity index (χ4v) is 4.82. The maximum absolute atomic E-state index is 11.8. The van der Waals surface area contributed by atoms with E-state index in [2.05, 4.69) is 10.6 Å². The van der Waals surface area contributed by atoms with Crippen LogP contribution in [0.25, 0.3) is 0 Å². The van der Waals surface area contributed by atoms with Gasteiger partial charge in [0.15, 0.2) is 9.84 Å². The van der Waals surface area contributed by atoms with Gasteiger partial charge in [-0.2, -0.15) is 0 Å². The Morgan fingerprint density at radius 2 is 1.86 bits per heavy atom. The number of rotatable bonds is 5. The number of sulfone groups is 1. The molecule has 0 aliphatic carbocycles. The first-order valence-corrected chi connectivity index (χ1v) is 9.41. The van der Waals surface area contributed by atoms with Gasteiger partial charge in [-0.25, -0.2) is 13.2 Å². The summed E-state index contributed by atoms with van der Waals surface area (Å²) < 4.78 is 22.7. The Hall–Kier alpha value is -1.35. The molecule has 1 atom stereocenters. The van der Waals surface area contributed by atoms with E-state index >= 15 is 0 Å². The molecule has 2 fully saturated rings. The maximum Gasteiger partial charge on any atom is 0.315 e. The molecule has 2 heterocycles. The van der Waals surface area contributed by atoms with Crippen molar-refractivity contribution >= 4 is 21.8 Å². The number of nitrogens with zero attached hydrogens (tertiary/aromatic N) is 1. The van der Waals surface area contributed by atoms with Gasteiger partial charge in [-0.15, -0.1) is 0 Å². The number of hydrogen-bond donors (Lipinski definition) is 3. The molecule has 0 aromatic heterocycles. The number of piperidine rings is 1. The van der Waals surface area contributed by atoms with E-state index in [0.717, 1.165) is 25.9 Å². The standard InChI is InChI=1S/C13H24N4O4S/c14-12(18)8-17-4-1-11(2-5-17)16-13(19)15-7-10-3-6-22(20,21)9-10/h10-11H,1-9H2,(H2,14,18)(H2,15,16,19)/t10-/m0/s1. The Labute approximate surface area is 130 Å². The Bertz CT molecular complexity index is 514. The van der Waals surface area contributed by atoms with Gasteiger partial charge in [0.1, 0.15) is 0 Å². The van der Waals surface area contributed by atoms with Gasteiger partial charge in [-0.1, -0.05) is 0 Å². The molecule has 0 spiro atoms. The lowest BCUT2D eigenvalue weighted by Gasteiger charge is -2.31. The molecule has 3 amide bonds. The number of hydrogen-bond acceptors (Lipinski definition) is 5. The number of amides is 3. The minimum atomic E-state index is -2.90. The van der Waals surface area contributed by atoms with Crippen LogP contribution >= 0.6 is 0 Å². The fourth-order valence-electron chi connectivity index (χ4n) is 2.96. The summed E-state index contributed by atoms with van der Waals surface area (Å²) in [5.41, 5.74) is 5.15. The van der Waals surface area contributed by atoms with Crippen LogP contribution in [-0.2, 0) is 14.6 Å². The smallest absolute Gasteiger partial charge is 0.315 e. The second-order valence-corrected chi connectivity index (χ2v) is 8.37. The predicted octanol–water partition coefficient (Wildman–Crippen LogP) is -1.33. The topological polar surface area (TPSA) is 122 Å². The SMILES string of the molecule is NC(=O)CN1CCC(NC(=O)NC[C@@H]2CCS(=O)(=O)C2)CC1. The van der Waals surface area contributed by atoms with Crippen LogP contribution in [0.1, 0.15) is 19.3 Å². The van der Waals surface area contributed by atoms with Crippen LogP contribution in [0.5, 0.6) is 0 Å². The zero-order valence-electron chi connectivity index (χ0n) is 12.6. The molecule has 2 aliphatic heterocycles. The van der Waals surface area contributed by atoms with E-state index in [-0.39, 0.29) is 41.9 Å². The quantitative estimate of drug-likeness (QED) is 0.576. The van der Waals surface area contributed by atoms with Crippen LogP contribution in [0, 0.1) is 5.92 Å². The van der Waals surface area contributed by atoms with E-state index in [1.54, 1.807) is 0 Å². The lowest BCUT2D eigenvalue weighted by Crippen LogP contribution is -2.49. The van der Waals surface area contributed by atoms with Gasteiger partial charge in [0, 0.05) is 25.7 Å². The third-order valence-electron chi connectivity index (χ3n) is 4.18. The van der Waals surface area contributed by atoms with Crippen LogP contribution in [0.3, 0.4) is 0 Å². The zero-order valence-corrected chi connectivity index (χ0v) is 13.4. The third kappa shape index (κ3) is 5.45. The number of carbonyl (C=O) groups excluding carboxylic acids is 2. The Morgan fingerprint density at radius 1 is 1.18 bits per heavy atom. The molecule has 9 heteroatoms. The van der Waals surface area contributed by atoms with Crippen molar-refractivity contribution in [3.05, 3.63) is 0 Å². The van der Waals surface area contributed by atoms with Crippen LogP contribution in [0.15, 0.2) is 0 Å². The van der Waals surface area contributed by atoms with Crippen molar-refractivity contribution in [2.24, 2.45) is 11.7 Å². The van der Waals surface area contributed by atoms with Gasteiger partial charge >= 0.3 is 6.03 Å². The van der Waals surface area contributed by atoms with E-state index in [9.17, 15) is 18.0 Å². The molecule has 0 radical (unpaired) electrons. The van der Waals surface area contributed by atoms with E-state index in [0.29, 0.717) is 13.0 Å². The Kier molecular flexibility index (Phi) is 5.63. The van der Waals surface area contributed by atoms with E-state index in [1.807, 2.05) is 4.90 Å². The average Bonchev–Trinajstić information content (AvgIpc) is 2.78. The van der Waals surface area contributed by atoms with Crippen LogP contribution < -0.4 is 16.4 Å². The average molecular weight is 332 g/mol. The van der Waals surface area contributed by atoms with E-state index in [1.165, 1.54) is 0 Å². The summed E-state index contributed by atoms with van der Waals surface area (Å²) in [6.45, 7) is 2.12. The minimum Gasteiger partial charge on any atom is -0.369 e. The summed E-state index contributed by atoms with van der Waals surface area (Å²) in [6.07, 6.45) is 2.17. The van der Waals surface area contributed by atoms with Gasteiger partial charge in [-0.3, -0.25) is 9.69 Å². The molecule has 22 heavy (non-hydrogen) atoms. The number of likely N-dealkylation sites (tertiary alicyclic amines) is 1. The van der Waals surface area contributed by atoms with Gasteiger partial charge in [0.25, 0.3) is 0 Å².